The van der Waals surface area contributed by atoms with E-state index in [9.17, 15) is 9.59 Å². The summed E-state index contributed by atoms with van der Waals surface area (Å²) >= 11 is 1.44. The lowest BCUT2D eigenvalue weighted by Gasteiger charge is -2.31. The van der Waals surface area contributed by atoms with E-state index in [1.165, 1.54) is 11.3 Å². The molecule has 5 nitrogen and oxygen atoms in total. The van der Waals surface area contributed by atoms with Gasteiger partial charge in [-0.2, -0.15) is 0 Å². The maximum absolute atomic E-state index is 12.5. The van der Waals surface area contributed by atoms with Crippen molar-refractivity contribution in [2.45, 2.75) is 12.8 Å². The van der Waals surface area contributed by atoms with E-state index in [1.807, 2.05) is 35.7 Å². The van der Waals surface area contributed by atoms with Crippen molar-refractivity contribution >= 4 is 28.8 Å². The van der Waals surface area contributed by atoms with Crippen LogP contribution >= 0.6 is 11.3 Å². The van der Waals surface area contributed by atoms with E-state index >= 15 is 0 Å². The molecule has 6 heteroatoms. The first-order chi connectivity index (χ1) is 11.7. The van der Waals surface area contributed by atoms with Crippen LogP contribution in [-0.4, -0.2) is 36.9 Å². The number of hydrogen-bond donors (Lipinski definition) is 1. The maximum atomic E-state index is 12.5. The van der Waals surface area contributed by atoms with Crippen molar-refractivity contribution in [2.75, 3.05) is 25.5 Å². The molecule has 2 heterocycles. The number of anilines is 1. The van der Waals surface area contributed by atoms with Gasteiger partial charge in [0.2, 0.25) is 5.91 Å². The quantitative estimate of drug-likeness (QED) is 0.926. The second-order valence-electron chi connectivity index (χ2n) is 5.79. The van der Waals surface area contributed by atoms with Crippen LogP contribution < -0.4 is 10.1 Å². The number of methoxy groups -OCH3 is 1. The number of carbonyl (C=O) groups excluding carboxylic acids is 2. The molecule has 0 bridgehead atoms. The van der Waals surface area contributed by atoms with E-state index in [2.05, 4.69) is 5.32 Å². The van der Waals surface area contributed by atoms with Crippen LogP contribution in [0.4, 0.5) is 5.69 Å². The summed E-state index contributed by atoms with van der Waals surface area (Å²) in [5, 5.41) is 4.82. The Balaban J connectivity index is 1.63. The molecule has 2 amide bonds. The third kappa shape index (κ3) is 3.76. The number of thiophene rings is 1. The molecule has 0 aliphatic carbocycles. The Morgan fingerprint density at radius 2 is 2.17 bits per heavy atom. The van der Waals surface area contributed by atoms with Crippen LogP contribution in [0.2, 0.25) is 0 Å². The molecule has 1 aromatic carbocycles. The molecule has 1 N–H and O–H groups in total. The van der Waals surface area contributed by atoms with Gasteiger partial charge < -0.3 is 15.0 Å². The molecule has 1 aromatic heterocycles. The SMILES string of the molecule is COc1cccc(NC(=O)[C@@H]2CCCN(C(=O)c3cccs3)C2)c1. The van der Waals surface area contributed by atoms with Gasteiger partial charge in [-0.15, -0.1) is 11.3 Å². The predicted octanol–water partition coefficient (Wildman–Crippen LogP) is 3.25. The number of nitrogens with one attached hydrogen (secondary N) is 1. The Labute approximate surface area is 145 Å². The van der Waals surface area contributed by atoms with Gasteiger partial charge in [-0.25, -0.2) is 0 Å². The first-order valence-corrected chi connectivity index (χ1v) is 8.83. The molecule has 1 aliphatic rings. The number of carbonyl (C=O) groups is 2. The predicted molar refractivity (Wildman–Crippen MR) is 94.6 cm³/mol. The zero-order valence-corrected chi connectivity index (χ0v) is 14.3. The average Bonchev–Trinajstić information content (AvgIpc) is 3.16. The van der Waals surface area contributed by atoms with Crippen LogP contribution in [0.5, 0.6) is 5.75 Å². The number of hydrogen-bond acceptors (Lipinski definition) is 4. The standard InChI is InChI=1S/C18H20N2O3S/c1-23-15-7-2-6-14(11-15)19-17(21)13-5-3-9-20(12-13)18(22)16-8-4-10-24-16/h2,4,6-8,10-11,13H,3,5,9,12H2,1H3,(H,19,21)/t13-/m1/s1. The summed E-state index contributed by atoms with van der Waals surface area (Å²) in [6.45, 7) is 1.17. The Morgan fingerprint density at radius 1 is 1.29 bits per heavy atom. The van der Waals surface area contributed by atoms with Crippen LogP contribution in [0.25, 0.3) is 0 Å². The smallest absolute Gasteiger partial charge is 0.263 e. The highest BCUT2D eigenvalue weighted by Gasteiger charge is 2.29. The Kier molecular flexibility index (Phi) is 5.15. The topological polar surface area (TPSA) is 58.6 Å². The van der Waals surface area contributed by atoms with Gasteiger partial charge in [-0.05, 0) is 36.4 Å². The zero-order valence-electron chi connectivity index (χ0n) is 13.5. The minimum Gasteiger partial charge on any atom is -0.497 e. The van der Waals surface area contributed by atoms with E-state index in [0.717, 1.165) is 17.7 Å². The number of rotatable bonds is 4. The number of amides is 2. The van der Waals surface area contributed by atoms with Gasteiger partial charge in [0.1, 0.15) is 5.75 Å². The van der Waals surface area contributed by atoms with Gasteiger partial charge in [0.15, 0.2) is 0 Å². The van der Waals surface area contributed by atoms with Crippen molar-refractivity contribution in [1.82, 2.24) is 4.90 Å². The van der Waals surface area contributed by atoms with Gasteiger partial charge >= 0.3 is 0 Å². The summed E-state index contributed by atoms with van der Waals surface area (Å²) in [6.07, 6.45) is 1.64. The average molecular weight is 344 g/mol. The highest BCUT2D eigenvalue weighted by atomic mass is 32.1. The van der Waals surface area contributed by atoms with Crippen molar-refractivity contribution in [2.24, 2.45) is 5.92 Å². The minimum atomic E-state index is -0.186. The molecule has 24 heavy (non-hydrogen) atoms. The summed E-state index contributed by atoms with van der Waals surface area (Å²) in [5.41, 5.74) is 0.709. The highest BCUT2D eigenvalue weighted by Crippen LogP contribution is 2.23. The number of nitrogens with zero attached hydrogens (tertiary/aromatic N) is 1. The summed E-state index contributed by atoms with van der Waals surface area (Å²) < 4.78 is 5.17. The maximum Gasteiger partial charge on any atom is 0.263 e. The number of piperidine rings is 1. The van der Waals surface area contributed by atoms with E-state index in [1.54, 1.807) is 18.1 Å². The molecule has 0 unspecified atom stereocenters. The largest absolute Gasteiger partial charge is 0.497 e. The molecule has 0 radical (unpaired) electrons. The van der Waals surface area contributed by atoms with Crippen molar-refractivity contribution in [3.8, 4) is 5.75 Å². The number of ether oxygens (including phenoxy) is 1. The molecular weight excluding hydrogens is 324 g/mol. The summed E-state index contributed by atoms with van der Waals surface area (Å²) in [5.74, 6) is 0.482. The number of benzene rings is 1. The van der Waals surface area contributed by atoms with E-state index in [-0.39, 0.29) is 17.7 Å². The van der Waals surface area contributed by atoms with E-state index in [4.69, 9.17) is 4.74 Å². The molecule has 1 saturated heterocycles. The van der Waals surface area contributed by atoms with Crippen molar-refractivity contribution < 1.29 is 14.3 Å². The monoisotopic (exact) mass is 344 g/mol. The third-order valence-corrected chi connectivity index (χ3v) is 5.01. The molecule has 1 aliphatic heterocycles. The van der Waals surface area contributed by atoms with Crippen LogP contribution in [0.3, 0.4) is 0 Å². The fourth-order valence-electron chi connectivity index (χ4n) is 2.88. The Morgan fingerprint density at radius 3 is 2.92 bits per heavy atom. The van der Waals surface area contributed by atoms with Crippen LogP contribution in [0.1, 0.15) is 22.5 Å². The van der Waals surface area contributed by atoms with Crippen molar-refractivity contribution in [3.63, 3.8) is 0 Å². The fraction of sp³-hybridized carbons (Fsp3) is 0.333. The first-order valence-electron chi connectivity index (χ1n) is 7.95. The second-order valence-corrected chi connectivity index (χ2v) is 6.74. The summed E-state index contributed by atoms with van der Waals surface area (Å²) in [7, 11) is 1.59. The number of likely N-dealkylation sites (tertiary alicyclic amines) is 1. The lowest BCUT2D eigenvalue weighted by molar-refractivity contribution is -0.121. The van der Waals surface area contributed by atoms with Crippen LogP contribution in [0.15, 0.2) is 41.8 Å². The van der Waals surface area contributed by atoms with Gasteiger partial charge in [-0.1, -0.05) is 12.1 Å². The molecule has 2 aromatic rings. The third-order valence-electron chi connectivity index (χ3n) is 4.15. The van der Waals surface area contributed by atoms with Gasteiger partial charge in [-0.3, -0.25) is 9.59 Å². The second kappa shape index (κ2) is 7.49. The van der Waals surface area contributed by atoms with E-state index < -0.39 is 0 Å². The molecule has 126 valence electrons. The van der Waals surface area contributed by atoms with Crippen LogP contribution in [0, 0.1) is 5.92 Å². The normalized spacial score (nSPS) is 17.4. The minimum absolute atomic E-state index is 0.0175. The zero-order chi connectivity index (χ0) is 16.9. The molecule has 3 rings (SSSR count). The van der Waals surface area contributed by atoms with Gasteiger partial charge in [0.25, 0.3) is 5.91 Å². The van der Waals surface area contributed by atoms with E-state index in [0.29, 0.717) is 24.5 Å². The first kappa shape index (κ1) is 16.5. The highest BCUT2D eigenvalue weighted by molar-refractivity contribution is 7.12. The lowest BCUT2D eigenvalue weighted by Crippen LogP contribution is -2.43. The lowest BCUT2D eigenvalue weighted by atomic mass is 9.97. The Hall–Kier alpha value is -2.34. The molecule has 0 spiro atoms. The summed E-state index contributed by atoms with van der Waals surface area (Å²) in [4.78, 5) is 27.5. The van der Waals surface area contributed by atoms with Crippen molar-refractivity contribution in [3.05, 3.63) is 46.7 Å². The van der Waals surface area contributed by atoms with Crippen LogP contribution in [-0.2, 0) is 4.79 Å². The molecular formula is C18H20N2O3S. The summed E-state index contributed by atoms with van der Waals surface area (Å²) in [6, 6.07) is 11.0. The molecule has 1 atom stereocenters. The van der Waals surface area contributed by atoms with Gasteiger partial charge in [0.05, 0.1) is 17.9 Å². The molecule has 0 saturated carbocycles. The van der Waals surface area contributed by atoms with Crippen molar-refractivity contribution in [1.29, 1.82) is 0 Å². The fourth-order valence-corrected chi connectivity index (χ4v) is 3.57. The van der Waals surface area contributed by atoms with Gasteiger partial charge in [0, 0.05) is 24.8 Å². The molecule has 1 fully saturated rings. The Bertz CT molecular complexity index is 715.